The van der Waals surface area contributed by atoms with E-state index in [4.69, 9.17) is 0 Å². The van der Waals surface area contributed by atoms with Crippen LogP contribution in [0.5, 0.6) is 0 Å². The molecule has 0 amide bonds. The molecule has 32 heavy (non-hydrogen) atoms. The van der Waals surface area contributed by atoms with Gasteiger partial charge >= 0.3 is 0 Å². The number of benzene rings is 2. The Labute approximate surface area is 219 Å². The fourth-order valence-electron chi connectivity index (χ4n) is 3.80. The minimum Gasteiger partial charge on any atom is -0.315 e. The molecule has 1 aliphatic rings. The van der Waals surface area contributed by atoms with E-state index in [1.165, 1.54) is 24.0 Å². The predicted octanol–water partition coefficient (Wildman–Crippen LogP) is 4.65. The third kappa shape index (κ3) is 13.9. The van der Waals surface area contributed by atoms with E-state index in [0.29, 0.717) is 0 Å². The van der Waals surface area contributed by atoms with Crippen LogP contribution in [-0.4, -0.2) is 62.2 Å². The molecule has 0 aliphatic carbocycles. The molecule has 1 fully saturated rings. The maximum absolute atomic E-state index is 3.66. The van der Waals surface area contributed by atoms with Crippen LogP contribution in [0.2, 0.25) is 0 Å². The Hall–Kier alpha value is -0.560. The summed E-state index contributed by atoms with van der Waals surface area (Å²) in [5.74, 6) is 0. The van der Waals surface area contributed by atoms with Gasteiger partial charge in [0.2, 0.25) is 0 Å². The third-order valence-electron chi connectivity index (χ3n) is 5.36. The Morgan fingerprint density at radius 2 is 0.875 bits per heavy atom. The van der Waals surface area contributed by atoms with E-state index in [1.54, 1.807) is 0 Å². The Bertz CT molecular complexity index is 575. The van der Waals surface area contributed by atoms with Crippen molar-refractivity contribution in [3.05, 3.63) is 71.8 Å². The maximum Gasteiger partial charge on any atom is 0.0234 e. The lowest BCUT2D eigenvalue weighted by atomic mass is 10.2. The number of nitrogens with one attached hydrogen (secondary N) is 2. The molecule has 1 saturated heterocycles. The second-order valence-electron chi connectivity index (χ2n) is 7.73. The minimum atomic E-state index is 0. The van der Waals surface area contributed by atoms with Crippen molar-refractivity contribution in [1.82, 2.24) is 20.4 Å². The highest BCUT2D eigenvalue weighted by molar-refractivity contribution is 5.86. The summed E-state index contributed by atoms with van der Waals surface area (Å²) in [5, 5.41) is 7.31. The monoisotopic (exact) mass is 524 g/mol. The van der Waals surface area contributed by atoms with Crippen LogP contribution in [0.4, 0.5) is 0 Å². The normalized spacial score (nSPS) is 16.8. The van der Waals surface area contributed by atoms with Gasteiger partial charge in [0, 0.05) is 39.3 Å². The first-order valence-electron chi connectivity index (χ1n) is 10.8. The van der Waals surface area contributed by atoms with Gasteiger partial charge < -0.3 is 10.6 Å². The van der Waals surface area contributed by atoms with Gasteiger partial charge in [-0.05, 0) is 50.1 Å². The van der Waals surface area contributed by atoms with E-state index in [9.17, 15) is 0 Å². The van der Waals surface area contributed by atoms with Gasteiger partial charge in [0.25, 0.3) is 0 Å². The molecule has 3 rings (SSSR count). The number of hydrogen-bond donors (Lipinski definition) is 2. The van der Waals surface area contributed by atoms with Crippen molar-refractivity contribution in [2.45, 2.75) is 25.9 Å². The SMILES string of the molecule is Cl.Cl.Cl.Cl.c1ccc(CN2CCCNCCN(Cc3ccccc3)CCCNCC2)cc1. The van der Waals surface area contributed by atoms with E-state index in [1.807, 2.05) is 0 Å². The zero-order valence-electron chi connectivity index (χ0n) is 18.8. The highest BCUT2D eigenvalue weighted by Gasteiger charge is 2.09. The lowest BCUT2D eigenvalue weighted by Gasteiger charge is -2.25. The van der Waals surface area contributed by atoms with Crippen LogP contribution in [0.15, 0.2) is 60.7 Å². The molecular weight excluding hydrogens is 486 g/mol. The van der Waals surface area contributed by atoms with Gasteiger partial charge in [0.1, 0.15) is 0 Å². The molecule has 0 aromatic heterocycles. The molecule has 1 heterocycles. The van der Waals surface area contributed by atoms with E-state index in [2.05, 4.69) is 81.1 Å². The second-order valence-corrected chi connectivity index (χ2v) is 7.73. The lowest BCUT2D eigenvalue weighted by molar-refractivity contribution is 0.241. The van der Waals surface area contributed by atoms with Crippen molar-refractivity contribution in [1.29, 1.82) is 0 Å². The Morgan fingerprint density at radius 3 is 1.25 bits per heavy atom. The molecule has 8 heteroatoms. The maximum atomic E-state index is 3.66. The standard InChI is InChI=1S/C24H36N4.4ClH/c1-3-9-23(10-4-1)21-27-17-7-13-26-16-20-28(18-8-14-25-15-19-27)22-24-11-5-2-6-12-24;;;;/h1-6,9-12,25-26H,7-8,13-22H2;4*1H. The van der Waals surface area contributed by atoms with Crippen LogP contribution in [0.25, 0.3) is 0 Å². The quantitative estimate of drug-likeness (QED) is 0.608. The molecule has 4 nitrogen and oxygen atoms in total. The van der Waals surface area contributed by atoms with Crippen LogP contribution >= 0.6 is 49.6 Å². The summed E-state index contributed by atoms with van der Waals surface area (Å²) in [7, 11) is 0. The van der Waals surface area contributed by atoms with Crippen LogP contribution in [-0.2, 0) is 13.1 Å². The summed E-state index contributed by atoms with van der Waals surface area (Å²) >= 11 is 0. The van der Waals surface area contributed by atoms with E-state index >= 15 is 0 Å². The molecule has 2 N–H and O–H groups in total. The zero-order chi connectivity index (χ0) is 19.3. The molecule has 0 saturated carbocycles. The summed E-state index contributed by atoms with van der Waals surface area (Å²) in [5.41, 5.74) is 2.82. The molecular formula is C24H40Cl4N4. The first-order chi connectivity index (χ1) is 13.9. The second kappa shape index (κ2) is 21.0. The largest absolute Gasteiger partial charge is 0.315 e. The van der Waals surface area contributed by atoms with Crippen LogP contribution in [0, 0.1) is 0 Å². The van der Waals surface area contributed by atoms with Crippen LogP contribution in [0.1, 0.15) is 24.0 Å². The average Bonchev–Trinajstić information content (AvgIpc) is 2.73. The molecule has 0 bridgehead atoms. The first-order valence-corrected chi connectivity index (χ1v) is 10.8. The van der Waals surface area contributed by atoms with Gasteiger partial charge in [0.05, 0.1) is 0 Å². The van der Waals surface area contributed by atoms with Crippen molar-refractivity contribution in [2.75, 3.05) is 52.4 Å². The fraction of sp³-hybridized carbons (Fsp3) is 0.500. The number of nitrogens with zero attached hydrogens (tertiary/aromatic N) is 2. The molecule has 2 aromatic carbocycles. The van der Waals surface area contributed by atoms with Crippen molar-refractivity contribution in [2.24, 2.45) is 0 Å². The number of hydrogen-bond acceptors (Lipinski definition) is 4. The van der Waals surface area contributed by atoms with Crippen molar-refractivity contribution in [3.8, 4) is 0 Å². The van der Waals surface area contributed by atoms with Gasteiger partial charge in [-0.2, -0.15) is 0 Å². The molecule has 184 valence electrons. The molecule has 0 spiro atoms. The molecule has 1 aliphatic heterocycles. The summed E-state index contributed by atoms with van der Waals surface area (Å²) in [6.07, 6.45) is 2.40. The molecule has 0 unspecified atom stereocenters. The highest BCUT2D eigenvalue weighted by atomic mass is 35.5. The molecule has 2 aromatic rings. The van der Waals surface area contributed by atoms with Gasteiger partial charge in [-0.3, -0.25) is 9.80 Å². The summed E-state index contributed by atoms with van der Waals surface area (Å²) < 4.78 is 0. The highest BCUT2D eigenvalue weighted by Crippen LogP contribution is 2.06. The minimum absolute atomic E-state index is 0. The Morgan fingerprint density at radius 1 is 0.500 bits per heavy atom. The Balaban J connectivity index is 0. The predicted molar refractivity (Wildman–Crippen MR) is 147 cm³/mol. The number of rotatable bonds is 4. The van der Waals surface area contributed by atoms with Crippen LogP contribution < -0.4 is 10.6 Å². The smallest absolute Gasteiger partial charge is 0.0234 e. The van der Waals surface area contributed by atoms with Gasteiger partial charge in [-0.25, -0.2) is 0 Å². The van der Waals surface area contributed by atoms with Crippen LogP contribution in [0.3, 0.4) is 0 Å². The van der Waals surface area contributed by atoms with E-state index < -0.39 is 0 Å². The summed E-state index contributed by atoms with van der Waals surface area (Å²) in [4.78, 5) is 5.16. The van der Waals surface area contributed by atoms with E-state index in [-0.39, 0.29) is 49.6 Å². The van der Waals surface area contributed by atoms with Crippen molar-refractivity contribution in [3.63, 3.8) is 0 Å². The summed E-state index contributed by atoms with van der Waals surface area (Å²) in [6.45, 7) is 11.0. The molecule has 0 atom stereocenters. The first kappa shape index (κ1) is 33.6. The Kier molecular flexibility index (Phi) is 22.1. The van der Waals surface area contributed by atoms with Crippen molar-refractivity contribution < 1.29 is 0 Å². The van der Waals surface area contributed by atoms with Gasteiger partial charge in [0.15, 0.2) is 0 Å². The topological polar surface area (TPSA) is 30.5 Å². The van der Waals surface area contributed by atoms with Crippen molar-refractivity contribution >= 4 is 49.6 Å². The fourth-order valence-corrected chi connectivity index (χ4v) is 3.80. The summed E-state index contributed by atoms with van der Waals surface area (Å²) in [6, 6.07) is 21.7. The van der Waals surface area contributed by atoms with Gasteiger partial charge in [-0.1, -0.05) is 60.7 Å². The zero-order valence-corrected chi connectivity index (χ0v) is 22.1. The van der Waals surface area contributed by atoms with Gasteiger partial charge in [-0.15, -0.1) is 49.6 Å². The van der Waals surface area contributed by atoms with E-state index in [0.717, 1.165) is 65.4 Å². The molecule has 0 radical (unpaired) electrons. The number of halogens is 4. The average molecular weight is 526 g/mol. The lowest BCUT2D eigenvalue weighted by Crippen LogP contribution is -2.38. The third-order valence-corrected chi connectivity index (χ3v) is 5.36.